The van der Waals surface area contributed by atoms with Gasteiger partial charge in [0.1, 0.15) is 6.04 Å². The highest BCUT2D eigenvalue weighted by Crippen LogP contribution is 2.29. The molecule has 14 nitrogen and oxygen atoms in total. The Morgan fingerprint density at radius 3 is 2.11 bits per heavy atom. The van der Waals surface area contributed by atoms with E-state index >= 15 is 0 Å². The van der Waals surface area contributed by atoms with Gasteiger partial charge in [0.25, 0.3) is 5.91 Å². The molecule has 4 rings (SSSR count). The van der Waals surface area contributed by atoms with Crippen molar-refractivity contribution in [3.05, 3.63) is 71.8 Å². The topological polar surface area (TPSA) is 183 Å². The number of ketones is 1. The first-order valence-electron chi connectivity index (χ1n) is 18.3. The van der Waals surface area contributed by atoms with E-state index in [0.29, 0.717) is 12.0 Å². The van der Waals surface area contributed by atoms with Crippen LogP contribution in [0.15, 0.2) is 60.7 Å². The zero-order valence-electron chi connectivity index (χ0n) is 31.0. The lowest BCUT2D eigenvalue weighted by Crippen LogP contribution is -2.58. The first-order valence-corrected chi connectivity index (χ1v) is 18.8. The number of likely N-dealkylation sites (N-methyl/N-ethyl adjacent to an activating group) is 1. The quantitative estimate of drug-likeness (QED) is 0.148. The molecule has 2 aromatic rings. The third-order valence-corrected chi connectivity index (χ3v) is 9.50. The summed E-state index contributed by atoms with van der Waals surface area (Å²) in [6.07, 6.45) is 5.15. The van der Waals surface area contributed by atoms with Crippen molar-refractivity contribution >= 4 is 50.9 Å². The molecule has 1 saturated carbocycles. The number of carbonyl (C=O) groups excluding carboxylic acids is 7. The summed E-state index contributed by atoms with van der Waals surface area (Å²) < 4.78 is 4.71. The van der Waals surface area contributed by atoms with Gasteiger partial charge in [0, 0.05) is 6.54 Å². The molecule has 4 N–H and O–H groups in total. The summed E-state index contributed by atoms with van der Waals surface area (Å²) in [4.78, 5) is 95.6. The second kappa shape index (κ2) is 21.8. The number of urea groups is 1. The second-order valence-electron chi connectivity index (χ2n) is 12.8. The molecule has 2 aliphatic rings. The Balaban J connectivity index is 0.00000372. The number of rotatable bonds is 16. The van der Waals surface area contributed by atoms with Gasteiger partial charge in [0.15, 0.2) is 6.04 Å². The van der Waals surface area contributed by atoms with Crippen LogP contribution in [0, 0.1) is 5.92 Å². The summed E-state index contributed by atoms with van der Waals surface area (Å²) >= 11 is 0. The van der Waals surface area contributed by atoms with Crippen molar-refractivity contribution in [3.63, 3.8) is 0 Å². The van der Waals surface area contributed by atoms with E-state index in [1.54, 1.807) is 44.3 Å². The number of nitrogens with one attached hydrogen (secondary N) is 4. The van der Waals surface area contributed by atoms with E-state index < -0.39 is 72.1 Å². The van der Waals surface area contributed by atoms with Crippen molar-refractivity contribution < 1.29 is 38.1 Å². The molecule has 1 saturated heterocycles. The molecule has 0 radical (unpaired) electrons. The lowest BCUT2D eigenvalue weighted by molar-refractivity contribution is -0.142. The zero-order valence-corrected chi connectivity index (χ0v) is 32.1. The minimum atomic E-state index is -1.29. The van der Waals surface area contributed by atoms with Gasteiger partial charge in [-0.2, -0.15) is 0 Å². The molecule has 2 fully saturated rings. The van der Waals surface area contributed by atoms with Gasteiger partial charge in [0.05, 0.1) is 34.6 Å². The summed E-state index contributed by atoms with van der Waals surface area (Å²) in [5, 5.41) is 10.4. The smallest absolute Gasteiger partial charge is 0.335 e. The number of carbonyl (C=O) groups is 7. The molecule has 0 spiro atoms. The average Bonchev–Trinajstić information content (AvgIpc) is 3.52. The highest BCUT2D eigenvalue weighted by Gasteiger charge is 2.48. The van der Waals surface area contributed by atoms with Crippen LogP contribution in [0.5, 0.6) is 0 Å². The van der Waals surface area contributed by atoms with E-state index in [0.717, 1.165) is 42.6 Å². The molecule has 1 aliphatic carbocycles. The van der Waals surface area contributed by atoms with Crippen molar-refractivity contribution in [3.8, 4) is 0 Å². The predicted molar refractivity (Wildman–Crippen MR) is 202 cm³/mol. The van der Waals surface area contributed by atoms with Crippen molar-refractivity contribution in [1.29, 1.82) is 0 Å². The molecule has 288 valence electrons. The highest BCUT2D eigenvalue weighted by molar-refractivity contribution is 7.10. The van der Waals surface area contributed by atoms with Crippen LogP contribution in [0.4, 0.5) is 4.79 Å². The molecule has 6 amide bonds. The lowest BCUT2D eigenvalue weighted by atomic mass is 9.83. The Labute approximate surface area is 313 Å². The monoisotopic (exact) mass is 752 g/mol. The summed E-state index contributed by atoms with van der Waals surface area (Å²) in [5.74, 6) is -4.89. The predicted octanol–water partition coefficient (Wildman–Crippen LogP) is 3.17. The maximum Gasteiger partial charge on any atom is 0.335 e. The van der Waals surface area contributed by atoms with Crippen molar-refractivity contribution in [2.75, 3.05) is 20.1 Å². The number of hydrogen-bond donors (Lipinski definition) is 4. The van der Waals surface area contributed by atoms with Crippen molar-refractivity contribution in [1.82, 2.24) is 31.1 Å². The first kappa shape index (κ1) is 42.7. The van der Waals surface area contributed by atoms with E-state index in [1.807, 2.05) is 53.6 Å². The van der Waals surface area contributed by atoms with Crippen LogP contribution < -0.4 is 21.3 Å². The molecule has 4 unspecified atom stereocenters. The molecule has 2 aromatic carbocycles. The molecule has 0 aromatic heterocycles. The number of Topliss-reactive ketones (excluding diaryl/α,β-unsaturated/α-hetero) is 1. The standard InChI is InChI=1S/C36H47N6O8P.C2H6/c1-3-13-26(31(44)33(46)38-20-28(43)40-30(35(48)50-51)25-18-11-6-12-19-25)39-32(45)27-22-41(21-23-14-7-4-8-15-23)36(49)42(27)34(47)29(37-2)24-16-9-5-10-17-24;1-2/h4,6-8,11-12,14-15,18-19,24,26-27,29-30,37H,3,5,9-10,13,16-17,20-22,51H2,1-2H3,(H,38,46)(H,39,45)(H,40,43);1-2H3/t26?,27?,29?,30-;/m0./s1. The van der Waals surface area contributed by atoms with E-state index in [2.05, 4.69) is 21.3 Å². The van der Waals surface area contributed by atoms with E-state index in [1.165, 1.54) is 4.90 Å². The first-order chi connectivity index (χ1) is 25.6. The number of amides is 6. The van der Waals surface area contributed by atoms with Gasteiger partial charge in [-0.1, -0.05) is 107 Å². The Hall–Kier alpha value is -4.68. The van der Waals surface area contributed by atoms with Crippen LogP contribution in [-0.4, -0.2) is 89.5 Å². The SMILES string of the molecule is CC.CCCC(NC(=O)C1CN(Cc2ccccc2)C(=O)N1C(=O)C(NC)C1CCCCC1)C(=O)C(=O)NCC(=O)N[C@H](C(=O)OP)c1ccccc1. The van der Waals surface area contributed by atoms with Gasteiger partial charge in [-0.3, -0.25) is 24.0 Å². The Bertz CT molecular complexity index is 1560. The molecule has 0 bridgehead atoms. The van der Waals surface area contributed by atoms with Gasteiger partial charge < -0.3 is 30.7 Å². The maximum atomic E-state index is 14.1. The fraction of sp³-hybridized carbons (Fsp3) is 0.500. The van der Waals surface area contributed by atoms with E-state index in [-0.39, 0.29) is 25.4 Å². The Morgan fingerprint density at radius 1 is 0.906 bits per heavy atom. The zero-order chi connectivity index (χ0) is 38.9. The fourth-order valence-electron chi connectivity index (χ4n) is 6.65. The minimum absolute atomic E-state index is 0.000674. The van der Waals surface area contributed by atoms with E-state index in [9.17, 15) is 33.6 Å². The van der Waals surface area contributed by atoms with Gasteiger partial charge in [-0.05, 0) is 43.4 Å². The second-order valence-corrected chi connectivity index (χ2v) is 13.0. The summed E-state index contributed by atoms with van der Waals surface area (Å²) in [6.45, 7) is 5.20. The van der Waals surface area contributed by atoms with Crippen LogP contribution >= 0.6 is 9.47 Å². The van der Waals surface area contributed by atoms with Gasteiger partial charge in [-0.25, -0.2) is 14.5 Å². The number of nitrogens with zero attached hydrogens (tertiary/aromatic N) is 2. The van der Waals surface area contributed by atoms with Crippen molar-refractivity contribution in [2.45, 2.75) is 96.4 Å². The number of hydrogen-bond acceptors (Lipinski definition) is 9. The van der Waals surface area contributed by atoms with E-state index in [4.69, 9.17) is 4.52 Å². The minimum Gasteiger partial charge on any atom is -0.450 e. The molecular weight excluding hydrogens is 699 g/mol. The summed E-state index contributed by atoms with van der Waals surface area (Å²) in [5.41, 5.74) is 1.27. The van der Waals surface area contributed by atoms with Gasteiger partial charge in [0.2, 0.25) is 23.5 Å². The van der Waals surface area contributed by atoms with Gasteiger partial charge >= 0.3 is 12.0 Å². The maximum absolute atomic E-state index is 14.1. The van der Waals surface area contributed by atoms with Crippen molar-refractivity contribution in [2.24, 2.45) is 5.92 Å². The number of benzene rings is 2. The Morgan fingerprint density at radius 2 is 1.53 bits per heavy atom. The summed E-state index contributed by atoms with van der Waals surface area (Å²) in [6, 6.07) is 12.6. The number of imide groups is 1. The average molecular weight is 753 g/mol. The molecule has 15 heteroatoms. The molecular formula is C38H53N6O8P. The normalized spacial score (nSPS) is 17.4. The lowest BCUT2D eigenvalue weighted by Gasteiger charge is -2.32. The Kier molecular flexibility index (Phi) is 17.5. The summed E-state index contributed by atoms with van der Waals surface area (Å²) in [7, 11) is 3.49. The third-order valence-electron chi connectivity index (χ3n) is 9.27. The third kappa shape index (κ3) is 11.7. The van der Waals surface area contributed by atoms with Crippen LogP contribution in [0.25, 0.3) is 0 Å². The van der Waals surface area contributed by atoms with Crippen LogP contribution in [0.3, 0.4) is 0 Å². The largest absolute Gasteiger partial charge is 0.450 e. The molecule has 1 heterocycles. The van der Waals surface area contributed by atoms with Crippen LogP contribution in [0.2, 0.25) is 0 Å². The molecule has 1 aliphatic heterocycles. The van der Waals surface area contributed by atoms with Crippen LogP contribution in [0.1, 0.15) is 82.9 Å². The van der Waals surface area contributed by atoms with Gasteiger partial charge in [-0.15, -0.1) is 0 Å². The fourth-order valence-corrected chi connectivity index (χ4v) is 6.79. The van der Waals surface area contributed by atoms with Crippen LogP contribution in [-0.2, 0) is 39.8 Å². The molecule has 5 atom stereocenters. The molecule has 53 heavy (non-hydrogen) atoms. The highest BCUT2D eigenvalue weighted by atomic mass is 31.0.